The van der Waals surface area contributed by atoms with Crippen LogP contribution in [0.5, 0.6) is 11.5 Å². The highest BCUT2D eigenvalue weighted by molar-refractivity contribution is 7.89. The molecule has 8 heteroatoms. The number of amides is 1. The van der Waals surface area contributed by atoms with Crippen LogP contribution in [0.4, 0.5) is 5.69 Å². The van der Waals surface area contributed by atoms with Crippen LogP contribution in [0.25, 0.3) is 0 Å². The Morgan fingerprint density at radius 1 is 1.04 bits per heavy atom. The number of carbonyl (C=O) groups is 1. The van der Waals surface area contributed by atoms with Gasteiger partial charge in [0, 0.05) is 16.8 Å². The Bertz CT molecular complexity index is 898. The SMILES string of the molecule is COc1cc(C(=O)Nc2ccc(C)c(S(N)(=O)=O)c2)cc(OC)c1C. The molecule has 0 aromatic heterocycles. The van der Waals surface area contributed by atoms with E-state index in [1.165, 1.54) is 20.3 Å². The number of methoxy groups -OCH3 is 2. The molecule has 3 N–H and O–H groups in total. The van der Waals surface area contributed by atoms with Crippen LogP contribution < -0.4 is 19.9 Å². The minimum absolute atomic E-state index is 0.0376. The van der Waals surface area contributed by atoms with Crippen molar-refractivity contribution in [3.05, 3.63) is 47.0 Å². The molecular formula is C17H20N2O5S. The third-order valence-electron chi connectivity index (χ3n) is 3.77. The van der Waals surface area contributed by atoms with Gasteiger partial charge >= 0.3 is 0 Å². The lowest BCUT2D eigenvalue weighted by Crippen LogP contribution is -2.16. The van der Waals surface area contributed by atoms with E-state index in [1.54, 1.807) is 31.2 Å². The third-order valence-corrected chi connectivity index (χ3v) is 4.82. The number of primary sulfonamides is 1. The molecule has 0 atom stereocenters. The lowest BCUT2D eigenvalue weighted by molar-refractivity contribution is 0.102. The lowest BCUT2D eigenvalue weighted by atomic mass is 10.1. The lowest BCUT2D eigenvalue weighted by Gasteiger charge is -2.13. The number of hydrogen-bond donors (Lipinski definition) is 2. The second-order valence-electron chi connectivity index (χ2n) is 5.49. The molecule has 2 aromatic rings. The van der Waals surface area contributed by atoms with E-state index in [9.17, 15) is 13.2 Å². The molecule has 0 fully saturated rings. The first-order valence-electron chi connectivity index (χ1n) is 7.34. The molecule has 0 aliphatic heterocycles. The molecule has 0 unspecified atom stereocenters. The molecule has 0 aliphatic rings. The predicted octanol–water partition coefficient (Wildman–Crippen LogP) is 2.22. The number of hydrogen-bond acceptors (Lipinski definition) is 5. The van der Waals surface area contributed by atoms with Crippen molar-refractivity contribution in [2.45, 2.75) is 18.7 Å². The average molecular weight is 364 g/mol. The van der Waals surface area contributed by atoms with E-state index in [0.717, 1.165) is 5.56 Å². The molecule has 0 saturated carbocycles. The predicted molar refractivity (Wildman–Crippen MR) is 94.8 cm³/mol. The van der Waals surface area contributed by atoms with E-state index in [1.807, 2.05) is 6.92 Å². The quantitative estimate of drug-likeness (QED) is 0.846. The van der Waals surface area contributed by atoms with Crippen molar-refractivity contribution < 1.29 is 22.7 Å². The van der Waals surface area contributed by atoms with Gasteiger partial charge in [0.25, 0.3) is 5.91 Å². The summed E-state index contributed by atoms with van der Waals surface area (Å²) in [5.74, 6) is 0.595. The number of anilines is 1. The van der Waals surface area contributed by atoms with Gasteiger partial charge in [0.1, 0.15) is 11.5 Å². The number of rotatable bonds is 5. The first kappa shape index (κ1) is 18.8. The summed E-state index contributed by atoms with van der Waals surface area (Å²) in [6.45, 7) is 3.44. The van der Waals surface area contributed by atoms with Crippen LogP contribution in [0, 0.1) is 13.8 Å². The Morgan fingerprint density at radius 3 is 2.08 bits per heavy atom. The summed E-state index contributed by atoms with van der Waals surface area (Å²) in [5.41, 5.74) is 1.91. The van der Waals surface area contributed by atoms with Crippen LogP contribution in [0.2, 0.25) is 0 Å². The normalized spacial score (nSPS) is 11.1. The fourth-order valence-electron chi connectivity index (χ4n) is 2.40. The molecule has 1 amide bonds. The van der Waals surface area contributed by atoms with Gasteiger partial charge in [-0.15, -0.1) is 0 Å². The van der Waals surface area contributed by atoms with Crippen molar-refractivity contribution in [2.75, 3.05) is 19.5 Å². The fraction of sp³-hybridized carbons (Fsp3) is 0.235. The molecule has 0 bridgehead atoms. The maximum absolute atomic E-state index is 12.5. The number of sulfonamides is 1. The Morgan fingerprint density at radius 2 is 1.60 bits per heavy atom. The molecule has 25 heavy (non-hydrogen) atoms. The second-order valence-corrected chi connectivity index (χ2v) is 7.02. The highest BCUT2D eigenvalue weighted by Crippen LogP contribution is 2.30. The zero-order chi connectivity index (χ0) is 18.8. The van der Waals surface area contributed by atoms with Gasteiger partial charge < -0.3 is 14.8 Å². The number of aryl methyl sites for hydroxylation is 1. The highest BCUT2D eigenvalue weighted by Gasteiger charge is 2.16. The molecule has 2 aromatic carbocycles. The summed E-state index contributed by atoms with van der Waals surface area (Å²) in [6.07, 6.45) is 0. The van der Waals surface area contributed by atoms with Crippen molar-refractivity contribution in [3.63, 3.8) is 0 Å². The first-order valence-corrected chi connectivity index (χ1v) is 8.89. The van der Waals surface area contributed by atoms with Crippen LogP contribution in [-0.2, 0) is 10.0 Å². The summed E-state index contributed by atoms with van der Waals surface area (Å²) in [4.78, 5) is 12.5. The molecular weight excluding hydrogens is 344 g/mol. The average Bonchev–Trinajstić information content (AvgIpc) is 2.55. The van der Waals surface area contributed by atoms with Gasteiger partial charge in [-0.1, -0.05) is 6.07 Å². The van der Waals surface area contributed by atoms with Crippen LogP contribution in [0.15, 0.2) is 35.2 Å². The Labute approximate surface area is 146 Å². The zero-order valence-electron chi connectivity index (χ0n) is 14.4. The van der Waals surface area contributed by atoms with Crippen molar-refractivity contribution in [1.29, 1.82) is 0 Å². The topological polar surface area (TPSA) is 108 Å². The minimum Gasteiger partial charge on any atom is -0.496 e. The first-order chi connectivity index (χ1) is 11.7. The van der Waals surface area contributed by atoms with Crippen LogP contribution in [0.3, 0.4) is 0 Å². The monoisotopic (exact) mass is 364 g/mol. The van der Waals surface area contributed by atoms with Crippen molar-refractivity contribution >= 4 is 21.6 Å². The van der Waals surface area contributed by atoms with Gasteiger partial charge in [0.2, 0.25) is 10.0 Å². The number of carbonyl (C=O) groups excluding carboxylic acids is 1. The van der Waals surface area contributed by atoms with Crippen LogP contribution in [0.1, 0.15) is 21.5 Å². The van der Waals surface area contributed by atoms with E-state index >= 15 is 0 Å². The molecule has 0 radical (unpaired) electrons. The second kappa shape index (κ2) is 7.12. The van der Waals surface area contributed by atoms with Crippen molar-refractivity contribution in [1.82, 2.24) is 0 Å². The molecule has 0 saturated heterocycles. The van der Waals surface area contributed by atoms with Crippen LogP contribution in [-0.4, -0.2) is 28.5 Å². The van der Waals surface area contributed by atoms with Gasteiger partial charge in [-0.2, -0.15) is 0 Å². The van der Waals surface area contributed by atoms with Crippen molar-refractivity contribution in [2.24, 2.45) is 5.14 Å². The van der Waals surface area contributed by atoms with Gasteiger partial charge in [0.05, 0.1) is 19.1 Å². The van der Waals surface area contributed by atoms with E-state index < -0.39 is 15.9 Å². The molecule has 2 rings (SSSR count). The van der Waals surface area contributed by atoms with Gasteiger partial charge in [-0.3, -0.25) is 4.79 Å². The number of benzene rings is 2. The zero-order valence-corrected chi connectivity index (χ0v) is 15.2. The standard InChI is InChI=1S/C17H20N2O5S/c1-10-5-6-13(9-16(10)25(18,21)22)19-17(20)12-7-14(23-3)11(2)15(8-12)24-4/h5-9H,1-4H3,(H,19,20)(H2,18,21,22). The number of ether oxygens (including phenoxy) is 2. The summed E-state index contributed by atoms with van der Waals surface area (Å²) in [5, 5.41) is 7.84. The minimum atomic E-state index is -3.87. The maximum Gasteiger partial charge on any atom is 0.255 e. The van der Waals surface area contributed by atoms with E-state index in [-0.39, 0.29) is 4.90 Å². The van der Waals surface area contributed by atoms with Gasteiger partial charge in [-0.25, -0.2) is 13.6 Å². The van der Waals surface area contributed by atoms with E-state index in [0.29, 0.717) is 28.3 Å². The third kappa shape index (κ3) is 4.09. The highest BCUT2D eigenvalue weighted by atomic mass is 32.2. The van der Waals surface area contributed by atoms with E-state index in [4.69, 9.17) is 14.6 Å². The summed E-state index contributed by atoms with van der Waals surface area (Å²) >= 11 is 0. The fourth-order valence-corrected chi connectivity index (χ4v) is 3.21. The Balaban J connectivity index is 2.38. The molecule has 0 heterocycles. The summed E-state index contributed by atoms with van der Waals surface area (Å²) < 4.78 is 33.7. The van der Waals surface area contributed by atoms with Gasteiger partial charge in [0.15, 0.2) is 0 Å². The molecule has 7 nitrogen and oxygen atoms in total. The summed E-state index contributed by atoms with van der Waals surface area (Å²) in [7, 11) is -0.871. The van der Waals surface area contributed by atoms with Gasteiger partial charge in [-0.05, 0) is 43.7 Å². The number of nitrogens with one attached hydrogen (secondary N) is 1. The molecule has 0 spiro atoms. The maximum atomic E-state index is 12.5. The van der Waals surface area contributed by atoms with E-state index in [2.05, 4.69) is 5.32 Å². The Hall–Kier alpha value is -2.58. The van der Waals surface area contributed by atoms with Crippen LogP contribution >= 0.6 is 0 Å². The largest absolute Gasteiger partial charge is 0.496 e. The van der Waals surface area contributed by atoms with Crippen molar-refractivity contribution in [3.8, 4) is 11.5 Å². The smallest absolute Gasteiger partial charge is 0.255 e. The number of nitrogens with two attached hydrogens (primary N) is 1. The molecule has 134 valence electrons. The summed E-state index contributed by atoms with van der Waals surface area (Å²) in [6, 6.07) is 7.67. The Kier molecular flexibility index (Phi) is 5.34. The molecule has 0 aliphatic carbocycles.